The van der Waals surface area contributed by atoms with E-state index < -0.39 is 52.2 Å². The molecule has 2 aromatic carbocycles. The first-order valence-electron chi connectivity index (χ1n) is 5.60. The highest BCUT2D eigenvalue weighted by atomic mass is 19.4. The maximum absolute atomic E-state index is 13.8. The van der Waals surface area contributed by atoms with Crippen LogP contribution < -0.4 is 10.5 Å². The van der Waals surface area contributed by atoms with Crippen LogP contribution in [-0.2, 0) is 0 Å². The van der Waals surface area contributed by atoms with E-state index in [4.69, 9.17) is 5.73 Å². The molecule has 0 bridgehead atoms. The molecular formula is C13H6F7NO. The van der Waals surface area contributed by atoms with E-state index >= 15 is 0 Å². The van der Waals surface area contributed by atoms with E-state index in [0.29, 0.717) is 0 Å². The van der Waals surface area contributed by atoms with Crippen LogP contribution in [0.2, 0.25) is 0 Å². The Hall–Kier alpha value is -2.45. The molecule has 0 atom stereocenters. The highest BCUT2D eigenvalue weighted by Gasteiger charge is 2.34. The van der Waals surface area contributed by atoms with Gasteiger partial charge in [0.25, 0.3) is 0 Å². The van der Waals surface area contributed by atoms with Crippen molar-refractivity contribution in [1.29, 1.82) is 0 Å². The number of nitrogens with two attached hydrogens (primary N) is 1. The molecular weight excluding hydrogens is 319 g/mol. The Balaban J connectivity index is 2.74. The molecule has 2 rings (SSSR count). The van der Waals surface area contributed by atoms with Gasteiger partial charge in [-0.15, -0.1) is 13.2 Å². The number of nitrogen functional groups attached to an aromatic ring is 1. The van der Waals surface area contributed by atoms with Crippen molar-refractivity contribution in [3.63, 3.8) is 0 Å². The van der Waals surface area contributed by atoms with Gasteiger partial charge in [-0.2, -0.15) is 0 Å². The van der Waals surface area contributed by atoms with Gasteiger partial charge >= 0.3 is 6.36 Å². The molecule has 2 nitrogen and oxygen atoms in total. The fraction of sp³-hybridized carbons (Fsp3) is 0.0769. The SMILES string of the molecule is Nc1c(F)c(F)c(-c2ccccc2OC(F)(F)F)c(F)c1F. The summed E-state index contributed by atoms with van der Waals surface area (Å²) in [5.41, 5.74) is 1.26. The molecule has 2 aromatic rings. The summed E-state index contributed by atoms with van der Waals surface area (Å²) >= 11 is 0. The second kappa shape index (κ2) is 5.39. The molecule has 0 saturated heterocycles. The van der Waals surface area contributed by atoms with Crippen molar-refractivity contribution in [2.24, 2.45) is 0 Å². The topological polar surface area (TPSA) is 35.2 Å². The smallest absolute Gasteiger partial charge is 0.405 e. The van der Waals surface area contributed by atoms with Crippen molar-refractivity contribution in [2.75, 3.05) is 5.73 Å². The zero-order valence-corrected chi connectivity index (χ0v) is 10.4. The quantitative estimate of drug-likeness (QED) is 0.505. The number of para-hydroxylation sites is 1. The van der Waals surface area contributed by atoms with Crippen LogP contribution in [0.25, 0.3) is 11.1 Å². The number of hydrogen-bond donors (Lipinski definition) is 1. The van der Waals surface area contributed by atoms with Crippen LogP contribution in [0.1, 0.15) is 0 Å². The minimum atomic E-state index is -5.16. The maximum atomic E-state index is 13.8. The molecule has 0 saturated carbocycles. The zero-order chi connectivity index (χ0) is 16.7. The second-order valence-electron chi connectivity index (χ2n) is 4.09. The summed E-state index contributed by atoms with van der Waals surface area (Å²) in [6.45, 7) is 0. The fourth-order valence-electron chi connectivity index (χ4n) is 1.77. The standard InChI is InChI=1S/C13H6F7NO/c14-8-7(9(15)11(17)12(21)10(8)16)5-3-1-2-4-6(5)22-13(18,19)20/h1-4H,21H2. The van der Waals surface area contributed by atoms with Crippen molar-refractivity contribution in [3.05, 3.63) is 47.5 Å². The lowest BCUT2D eigenvalue weighted by Crippen LogP contribution is -2.18. The molecule has 118 valence electrons. The number of anilines is 1. The Bertz CT molecular complexity index is 698. The Kier molecular flexibility index (Phi) is 3.90. The number of benzene rings is 2. The van der Waals surface area contributed by atoms with Gasteiger partial charge in [0.05, 0.1) is 5.56 Å². The number of alkyl halides is 3. The summed E-state index contributed by atoms with van der Waals surface area (Å²) in [6, 6.07) is 3.76. The lowest BCUT2D eigenvalue weighted by Gasteiger charge is -2.15. The summed E-state index contributed by atoms with van der Waals surface area (Å²) in [7, 11) is 0. The van der Waals surface area contributed by atoms with Gasteiger partial charge in [0.1, 0.15) is 11.4 Å². The first-order valence-corrected chi connectivity index (χ1v) is 5.60. The van der Waals surface area contributed by atoms with Gasteiger partial charge < -0.3 is 10.5 Å². The highest BCUT2D eigenvalue weighted by molar-refractivity contribution is 5.73. The molecule has 0 fully saturated rings. The van der Waals surface area contributed by atoms with Crippen LogP contribution in [0, 0.1) is 23.3 Å². The molecule has 0 unspecified atom stereocenters. The summed E-state index contributed by atoms with van der Waals surface area (Å²) in [5.74, 6) is -8.67. The van der Waals surface area contributed by atoms with Crippen molar-refractivity contribution in [1.82, 2.24) is 0 Å². The average Bonchev–Trinajstić information content (AvgIpc) is 2.43. The Labute approximate surface area is 118 Å². The normalized spacial score (nSPS) is 11.6. The minimum absolute atomic E-state index is 0.744. The third kappa shape index (κ3) is 2.78. The van der Waals surface area contributed by atoms with E-state index in [0.717, 1.165) is 24.3 Å². The van der Waals surface area contributed by atoms with Crippen LogP contribution in [0.5, 0.6) is 5.75 Å². The molecule has 0 radical (unpaired) electrons. The number of hydrogen-bond acceptors (Lipinski definition) is 2. The predicted molar refractivity (Wildman–Crippen MR) is 62.8 cm³/mol. The molecule has 0 aliphatic heterocycles. The van der Waals surface area contributed by atoms with Gasteiger partial charge in [-0.1, -0.05) is 18.2 Å². The van der Waals surface area contributed by atoms with Gasteiger partial charge in [0, 0.05) is 5.56 Å². The molecule has 0 amide bonds. The van der Waals surface area contributed by atoms with Crippen LogP contribution in [0.15, 0.2) is 24.3 Å². The lowest BCUT2D eigenvalue weighted by atomic mass is 10.0. The molecule has 2 N–H and O–H groups in total. The Morgan fingerprint density at radius 2 is 1.32 bits per heavy atom. The van der Waals surface area contributed by atoms with E-state index in [1.54, 1.807) is 0 Å². The molecule has 9 heteroatoms. The Morgan fingerprint density at radius 1 is 0.818 bits per heavy atom. The van der Waals surface area contributed by atoms with Crippen molar-refractivity contribution in [3.8, 4) is 16.9 Å². The molecule has 22 heavy (non-hydrogen) atoms. The fourth-order valence-corrected chi connectivity index (χ4v) is 1.77. The van der Waals surface area contributed by atoms with Gasteiger partial charge in [0.2, 0.25) is 0 Å². The lowest BCUT2D eigenvalue weighted by molar-refractivity contribution is -0.274. The van der Waals surface area contributed by atoms with E-state index in [2.05, 4.69) is 4.74 Å². The van der Waals surface area contributed by atoms with Crippen LogP contribution in [0.3, 0.4) is 0 Å². The largest absolute Gasteiger partial charge is 0.573 e. The predicted octanol–water partition coefficient (Wildman–Crippen LogP) is 4.39. The van der Waals surface area contributed by atoms with Crippen LogP contribution in [0.4, 0.5) is 36.4 Å². The van der Waals surface area contributed by atoms with Gasteiger partial charge in [-0.05, 0) is 6.07 Å². The van der Waals surface area contributed by atoms with E-state index in [1.165, 1.54) is 0 Å². The Morgan fingerprint density at radius 3 is 1.82 bits per heavy atom. The van der Waals surface area contributed by atoms with Crippen molar-refractivity contribution in [2.45, 2.75) is 6.36 Å². The summed E-state index contributed by atoms with van der Waals surface area (Å²) < 4.78 is 94.9. The molecule has 0 aliphatic rings. The van der Waals surface area contributed by atoms with E-state index in [9.17, 15) is 30.7 Å². The van der Waals surface area contributed by atoms with Gasteiger partial charge in [0.15, 0.2) is 23.3 Å². The van der Waals surface area contributed by atoms with Crippen LogP contribution in [-0.4, -0.2) is 6.36 Å². The zero-order valence-electron chi connectivity index (χ0n) is 10.4. The van der Waals surface area contributed by atoms with Gasteiger partial charge in [-0.25, -0.2) is 17.6 Å². The van der Waals surface area contributed by atoms with Crippen molar-refractivity contribution < 1.29 is 35.5 Å². The molecule has 0 heterocycles. The minimum Gasteiger partial charge on any atom is -0.405 e. The number of halogens is 7. The number of rotatable bonds is 2. The first-order chi connectivity index (χ1) is 10.1. The highest BCUT2D eigenvalue weighted by Crippen LogP contribution is 2.39. The third-order valence-electron chi connectivity index (χ3n) is 2.68. The molecule has 0 aromatic heterocycles. The number of ether oxygens (including phenoxy) is 1. The van der Waals surface area contributed by atoms with E-state index in [1.807, 2.05) is 0 Å². The van der Waals surface area contributed by atoms with Gasteiger partial charge in [-0.3, -0.25) is 0 Å². The molecule has 0 spiro atoms. The second-order valence-corrected chi connectivity index (χ2v) is 4.09. The summed E-state index contributed by atoms with van der Waals surface area (Å²) in [5, 5.41) is 0. The summed E-state index contributed by atoms with van der Waals surface area (Å²) in [6.07, 6.45) is -5.16. The monoisotopic (exact) mass is 325 g/mol. The third-order valence-corrected chi connectivity index (χ3v) is 2.68. The summed E-state index contributed by atoms with van der Waals surface area (Å²) in [4.78, 5) is 0. The maximum Gasteiger partial charge on any atom is 0.573 e. The first kappa shape index (κ1) is 15.9. The van der Waals surface area contributed by atoms with Crippen molar-refractivity contribution >= 4 is 5.69 Å². The van der Waals surface area contributed by atoms with E-state index in [-0.39, 0.29) is 0 Å². The average molecular weight is 325 g/mol. The molecule has 0 aliphatic carbocycles. The van der Waals surface area contributed by atoms with Crippen LogP contribution >= 0.6 is 0 Å².